The number of ether oxygens (including phenoxy) is 1. The largest absolute Gasteiger partial charge is 0.486 e. The molecule has 0 aliphatic carbocycles. The van der Waals surface area contributed by atoms with E-state index in [1.54, 1.807) is 6.26 Å². The Labute approximate surface area is 112 Å². The summed E-state index contributed by atoms with van der Waals surface area (Å²) in [5.41, 5.74) is 1.18. The second-order valence-corrected chi connectivity index (χ2v) is 5.19. The van der Waals surface area contributed by atoms with Crippen LogP contribution in [0.4, 0.5) is 0 Å². The average Bonchev–Trinajstić information content (AvgIpc) is 2.92. The number of benzene rings is 1. The van der Waals surface area contributed by atoms with Crippen molar-refractivity contribution in [2.45, 2.75) is 32.3 Å². The second-order valence-electron chi connectivity index (χ2n) is 5.19. The highest BCUT2D eigenvalue weighted by molar-refractivity contribution is 6.01. The Kier molecular flexibility index (Phi) is 2.70. The number of hydrogen-bond donors (Lipinski definition) is 0. The minimum atomic E-state index is -0.379. The zero-order chi connectivity index (χ0) is 13.5. The Bertz CT molecular complexity index is 613. The van der Waals surface area contributed by atoms with E-state index in [9.17, 15) is 4.79 Å². The predicted molar refractivity (Wildman–Crippen MR) is 72.4 cm³/mol. The van der Waals surface area contributed by atoms with Crippen molar-refractivity contribution in [2.75, 3.05) is 0 Å². The summed E-state index contributed by atoms with van der Waals surface area (Å²) in [5, 5.41) is 0. The van der Waals surface area contributed by atoms with Gasteiger partial charge in [0.25, 0.3) is 0 Å². The molecule has 1 aromatic carbocycles. The fraction of sp³-hybridized carbons (Fsp3) is 0.312. The molecule has 98 valence electrons. The van der Waals surface area contributed by atoms with Crippen LogP contribution in [0.25, 0.3) is 11.3 Å². The zero-order valence-electron chi connectivity index (χ0n) is 11.1. The maximum Gasteiger partial charge on any atom is 0.170 e. The molecule has 0 radical (unpaired) electrons. The minimum absolute atomic E-state index is 0.138. The third-order valence-corrected chi connectivity index (χ3v) is 3.72. The quantitative estimate of drug-likeness (QED) is 0.812. The molecule has 0 saturated carbocycles. The predicted octanol–water partition coefficient (Wildman–Crippen LogP) is 4.08. The summed E-state index contributed by atoms with van der Waals surface area (Å²) in [6.45, 7) is 4.02. The van der Waals surface area contributed by atoms with Crippen LogP contribution in [0.1, 0.15) is 37.0 Å². The highest BCUT2D eigenvalue weighted by Crippen LogP contribution is 2.37. The van der Waals surface area contributed by atoms with Gasteiger partial charge in [-0.3, -0.25) is 4.79 Å². The van der Waals surface area contributed by atoms with Crippen molar-refractivity contribution >= 4 is 5.78 Å². The third kappa shape index (κ3) is 2.05. The molecular weight excluding hydrogens is 240 g/mol. The van der Waals surface area contributed by atoms with E-state index >= 15 is 0 Å². The van der Waals surface area contributed by atoms with Crippen LogP contribution in [0, 0.1) is 0 Å². The fourth-order valence-electron chi connectivity index (χ4n) is 2.37. The molecule has 0 amide bonds. The van der Waals surface area contributed by atoms with Crippen LogP contribution in [-0.4, -0.2) is 11.4 Å². The Balaban J connectivity index is 2.03. The van der Waals surface area contributed by atoms with Gasteiger partial charge in [-0.15, -0.1) is 0 Å². The molecule has 0 spiro atoms. The first-order chi connectivity index (χ1) is 9.11. The Morgan fingerprint density at radius 1 is 1.32 bits per heavy atom. The highest BCUT2D eigenvalue weighted by Gasteiger charge is 2.35. The van der Waals surface area contributed by atoms with E-state index in [0.717, 1.165) is 17.7 Å². The number of carbonyl (C=O) groups is 1. The Morgan fingerprint density at radius 2 is 2.16 bits per heavy atom. The van der Waals surface area contributed by atoms with Crippen molar-refractivity contribution in [1.29, 1.82) is 0 Å². The summed E-state index contributed by atoms with van der Waals surface area (Å²) in [4.78, 5) is 12.3. The molecule has 2 heterocycles. The lowest BCUT2D eigenvalue weighted by molar-refractivity contribution is 0.0499. The standard InChI is InChI=1S/C16H16O3/c1-3-16(2)10-13(17)12-9-11(6-7-15(12)19-16)14-5-4-8-18-14/h4-9H,3,10H2,1-2H3. The lowest BCUT2D eigenvalue weighted by Crippen LogP contribution is -2.38. The van der Waals surface area contributed by atoms with Gasteiger partial charge in [-0.25, -0.2) is 0 Å². The maximum atomic E-state index is 12.3. The smallest absolute Gasteiger partial charge is 0.170 e. The van der Waals surface area contributed by atoms with E-state index in [1.807, 2.05) is 44.2 Å². The molecule has 1 atom stereocenters. The van der Waals surface area contributed by atoms with E-state index in [0.29, 0.717) is 17.7 Å². The lowest BCUT2D eigenvalue weighted by Gasteiger charge is -2.34. The molecule has 3 heteroatoms. The Hall–Kier alpha value is -2.03. The van der Waals surface area contributed by atoms with Gasteiger partial charge in [0.1, 0.15) is 17.1 Å². The molecule has 1 aromatic heterocycles. The first-order valence-electron chi connectivity index (χ1n) is 6.51. The van der Waals surface area contributed by atoms with E-state index < -0.39 is 0 Å². The summed E-state index contributed by atoms with van der Waals surface area (Å²) in [7, 11) is 0. The van der Waals surface area contributed by atoms with Gasteiger partial charge in [0.05, 0.1) is 18.2 Å². The monoisotopic (exact) mass is 256 g/mol. The molecule has 0 saturated heterocycles. The van der Waals surface area contributed by atoms with E-state index in [1.165, 1.54) is 0 Å². The maximum absolute atomic E-state index is 12.3. The van der Waals surface area contributed by atoms with Crippen LogP contribution in [0.15, 0.2) is 41.0 Å². The van der Waals surface area contributed by atoms with Crippen LogP contribution in [0.5, 0.6) is 5.75 Å². The van der Waals surface area contributed by atoms with Crippen LogP contribution >= 0.6 is 0 Å². The van der Waals surface area contributed by atoms with Gasteiger partial charge in [0.15, 0.2) is 5.78 Å². The molecule has 19 heavy (non-hydrogen) atoms. The van der Waals surface area contributed by atoms with E-state index in [2.05, 4.69) is 0 Å². The van der Waals surface area contributed by atoms with Crippen molar-refractivity contribution < 1.29 is 13.9 Å². The van der Waals surface area contributed by atoms with Gasteiger partial charge in [0, 0.05) is 5.56 Å². The number of furan rings is 1. The second kappa shape index (κ2) is 4.26. The number of ketones is 1. The molecule has 3 rings (SSSR count). The molecular formula is C16H16O3. The minimum Gasteiger partial charge on any atom is -0.486 e. The molecule has 2 aromatic rings. The van der Waals surface area contributed by atoms with Crippen molar-refractivity contribution in [2.24, 2.45) is 0 Å². The summed E-state index contributed by atoms with van der Waals surface area (Å²) in [5.74, 6) is 1.58. The summed E-state index contributed by atoms with van der Waals surface area (Å²) in [6.07, 6.45) is 2.87. The van der Waals surface area contributed by atoms with E-state index in [4.69, 9.17) is 9.15 Å². The van der Waals surface area contributed by atoms with Crippen LogP contribution < -0.4 is 4.74 Å². The molecule has 0 bridgehead atoms. The number of fused-ring (bicyclic) bond motifs is 1. The Morgan fingerprint density at radius 3 is 2.84 bits per heavy atom. The van der Waals surface area contributed by atoms with Crippen LogP contribution in [0.2, 0.25) is 0 Å². The van der Waals surface area contributed by atoms with Gasteiger partial charge in [0.2, 0.25) is 0 Å². The number of rotatable bonds is 2. The van der Waals surface area contributed by atoms with Gasteiger partial charge < -0.3 is 9.15 Å². The number of hydrogen-bond acceptors (Lipinski definition) is 3. The first kappa shape index (κ1) is 12.0. The molecule has 0 fully saturated rings. The van der Waals surface area contributed by atoms with E-state index in [-0.39, 0.29) is 11.4 Å². The summed E-state index contributed by atoms with van der Waals surface area (Å²) >= 11 is 0. The van der Waals surface area contributed by atoms with Gasteiger partial charge >= 0.3 is 0 Å². The number of Topliss-reactive ketones (excluding diaryl/α,β-unsaturated/α-hetero) is 1. The third-order valence-electron chi connectivity index (χ3n) is 3.72. The molecule has 0 N–H and O–H groups in total. The lowest BCUT2D eigenvalue weighted by atomic mass is 9.89. The van der Waals surface area contributed by atoms with Gasteiger partial charge in [-0.1, -0.05) is 6.92 Å². The van der Waals surface area contributed by atoms with Crippen molar-refractivity contribution in [3.8, 4) is 17.1 Å². The van der Waals surface area contributed by atoms with Crippen molar-refractivity contribution in [3.05, 3.63) is 42.2 Å². The molecule has 1 aliphatic rings. The van der Waals surface area contributed by atoms with Gasteiger partial charge in [-0.2, -0.15) is 0 Å². The van der Waals surface area contributed by atoms with Crippen molar-refractivity contribution in [3.63, 3.8) is 0 Å². The first-order valence-corrected chi connectivity index (χ1v) is 6.51. The zero-order valence-corrected chi connectivity index (χ0v) is 11.1. The highest BCUT2D eigenvalue weighted by atomic mass is 16.5. The van der Waals surface area contributed by atoms with Gasteiger partial charge in [-0.05, 0) is 43.7 Å². The van der Waals surface area contributed by atoms with Crippen molar-refractivity contribution in [1.82, 2.24) is 0 Å². The average molecular weight is 256 g/mol. The molecule has 1 unspecified atom stereocenters. The summed E-state index contributed by atoms with van der Waals surface area (Å²) in [6, 6.07) is 9.35. The summed E-state index contributed by atoms with van der Waals surface area (Å²) < 4.78 is 11.3. The van der Waals surface area contributed by atoms with Crippen LogP contribution in [0.3, 0.4) is 0 Å². The fourth-order valence-corrected chi connectivity index (χ4v) is 2.37. The molecule has 1 aliphatic heterocycles. The normalized spacial score (nSPS) is 21.9. The molecule has 3 nitrogen and oxygen atoms in total. The topological polar surface area (TPSA) is 39.4 Å². The van der Waals surface area contributed by atoms with Crippen LogP contribution in [-0.2, 0) is 0 Å². The SMILES string of the molecule is CCC1(C)CC(=O)c2cc(-c3ccco3)ccc2O1. The number of carbonyl (C=O) groups excluding carboxylic acids is 1.